The van der Waals surface area contributed by atoms with Crippen LogP contribution in [-0.4, -0.2) is 19.5 Å². The molecule has 0 saturated carbocycles. The maximum absolute atomic E-state index is 12.1. The van der Waals surface area contributed by atoms with Crippen molar-refractivity contribution in [1.29, 1.82) is 0 Å². The zero-order chi connectivity index (χ0) is 17.3. The van der Waals surface area contributed by atoms with E-state index in [1.165, 1.54) is 18.2 Å². The minimum absolute atomic E-state index is 0.0607. The second-order valence-corrected chi connectivity index (χ2v) is 7.02. The molecule has 1 heterocycles. The summed E-state index contributed by atoms with van der Waals surface area (Å²) < 4.78 is 35.9. The molecule has 0 spiro atoms. The van der Waals surface area contributed by atoms with Gasteiger partial charge in [-0.15, -0.1) is 0 Å². The molecule has 0 fully saturated rings. The molecule has 0 aliphatic carbocycles. The Bertz CT molecular complexity index is 1010. The minimum Gasteiger partial charge on any atom is -0.409 e. The van der Waals surface area contributed by atoms with Crippen LogP contribution in [-0.2, 0) is 10.0 Å². The number of fused-ring (bicyclic) bond motifs is 1. The molecule has 1 aromatic heterocycles. The van der Waals surface area contributed by atoms with Gasteiger partial charge in [0.1, 0.15) is 5.52 Å². The fraction of sp³-hybridized carbons (Fsp3) is 0.0667. The summed E-state index contributed by atoms with van der Waals surface area (Å²) in [7, 11) is -4.05. The van der Waals surface area contributed by atoms with Gasteiger partial charge in [0.15, 0.2) is 5.58 Å². The number of benzene rings is 2. The van der Waals surface area contributed by atoms with Gasteiger partial charge in [0.25, 0.3) is 10.0 Å². The summed E-state index contributed by atoms with van der Waals surface area (Å²) in [6, 6.07) is 10.7. The second kappa shape index (κ2) is 6.14. The summed E-state index contributed by atoms with van der Waals surface area (Å²) in [5, 5.41) is 0.439. The number of aryl methyl sites for hydroxylation is 1. The van der Waals surface area contributed by atoms with Gasteiger partial charge in [-0.25, -0.2) is 17.9 Å². The SMILES string of the molecule is Cc1ccc(S(=O)(=O)NC(=O)Oc2nc3cc(Cl)ccc3o2)cc1. The average Bonchev–Trinajstić information content (AvgIpc) is 2.88. The van der Waals surface area contributed by atoms with Crippen LogP contribution in [0, 0.1) is 6.92 Å². The number of carbonyl (C=O) groups excluding carboxylic acids is 1. The summed E-state index contributed by atoms with van der Waals surface area (Å²) >= 11 is 5.82. The second-order valence-electron chi connectivity index (χ2n) is 4.90. The normalized spacial score (nSPS) is 11.4. The highest BCUT2D eigenvalue weighted by atomic mass is 35.5. The molecule has 0 aliphatic rings. The number of sulfonamides is 1. The maximum Gasteiger partial charge on any atom is 0.430 e. The fourth-order valence-corrected chi connectivity index (χ4v) is 2.95. The van der Waals surface area contributed by atoms with Gasteiger partial charge in [-0.1, -0.05) is 29.3 Å². The van der Waals surface area contributed by atoms with E-state index in [0.29, 0.717) is 16.1 Å². The van der Waals surface area contributed by atoms with E-state index in [9.17, 15) is 13.2 Å². The Hall–Kier alpha value is -2.58. The highest BCUT2D eigenvalue weighted by molar-refractivity contribution is 7.90. The monoisotopic (exact) mass is 366 g/mol. The molecule has 24 heavy (non-hydrogen) atoms. The first-order valence-electron chi connectivity index (χ1n) is 6.71. The first-order valence-corrected chi connectivity index (χ1v) is 8.57. The standard InChI is InChI=1S/C15H11ClN2O5S/c1-9-2-5-11(6-3-9)24(20,21)18-14(19)23-15-17-12-8-10(16)4-7-13(12)22-15/h2-8H,1H3,(H,18,19). The number of nitrogens with zero attached hydrogens (tertiary/aromatic N) is 1. The van der Waals surface area contributed by atoms with E-state index in [-0.39, 0.29) is 11.0 Å². The van der Waals surface area contributed by atoms with Crippen molar-refractivity contribution in [2.75, 3.05) is 0 Å². The molecule has 0 atom stereocenters. The van der Waals surface area contributed by atoms with Gasteiger partial charge in [-0.05, 0) is 37.3 Å². The number of ether oxygens (including phenoxy) is 1. The third-order valence-corrected chi connectivity index (χ3v) is 4.62. The number of halogens is 1. The van der Waals surface area contributed by atoms with E-state index < -0.39 is 16.1 Å². The number of rotatable bonds is 3. The Balaban J connectivity index is 1.75. The molecule has 7 nitrogen and oxygen atoms in total. The molecule has 3 aromatic rings. The number of oxazole rings is 1. The van der Waals surface area contributed by atoms with Gasteiger partial charge in [0, 0.05) is 5.02 Å². The number of carbonyl (C=O) groups is 1. The summed E-state index contributed by atoms with van der Waals surface area (Å²) in [4.78, 5) is 15.6. The van der Waals surface area contributed by atoms with Gasteiger partial charge in [0.05, 0.1) is 4.90 Å². The fourth-order valence-electron chi connectivity index (χ4n) is 1.91. The lowest BCUT2D eigenvalue weighted by Crippen LogP contribution is -2.33. The van der Waals surface area contributed by atoms with E-state index in [1.54, 1.807) is 29.0 Å². The first kappa shape index (κ1) is 16.3. The lowest BCUT2D eigenvalue weighted by atomic mass is 10.2. The van der Waals surface area contributed by atoms with Gasteiger partial charge in [-0.3, -0.25) is 0 Å². The molecule has 3 rings (SSSR count). The average molecular weight is 367 g/mol. The molecule has 1 N–H and O–H groups in total. The summed E-state index contributed by atoms with van der Waals surface area (Å²) in [5.41, 5.74) is 1.62. The van der Waals surface area contributed by atoms with E-state index in [2.05, 4.69) is 4.98 Å². The number of nitrogens with one attached hydrogen (secondary N) is 1. The van der Waals surface area contributed by atoms with E-state index in [4.69, 9.17) is 20.8 Å². The van der Waals surface area contributed by atoms with Gasteiger partial charge in [-0.2, -0.15) is 4.98 Å². The molecule has 9 heteroatoms. The topological polar surface area (TPSA) is 98.5 Å². The van der Waals surface area contributed by atoms with Crippen LogP contribution in [0.4, 0.5) is 4.79 Å². The largest absolute Gasteiger partial charge is 0.430 e. The third-order valence-electron chi connectivity index (χ3n) is 3.06. The summed E-state index contributed by atoms with van der Waals surface area (Å²) in [6.07, 6.45) is -1.61. The molecular formula is C15H11ClN2O5S. The first-order chi connectivity index (χ1) is 11.3. The Morgan fingerprint density at radius 2 is 1.92 bits per heavy atom. The highest BCUT2D eigenvalue weighted by Crippen LogP contribution is 2.23. The third kappa shape index (κ3) is 3.50. The Morgan fingerprint density at radius 3 is 2.62 bits per heavy atom. The van der Waals surface area contributed by atoms with Crippen LogP contribution in [0.3, 0.4) is 0 Å². The van der Waals surface area contributed by atoms with Crippen LogP contribution in [0.2, 0.25) is 5.02 Å². The van der Waals surface area contributed by atoms with Crippen molar-refractivity contribution in [2.24, 2.45) is 0 Å². The van der Waals surface area contributed by atoms with Crippen molar-refractivity contribution in [3.05, 3.63) is 53.1 Å². The molecule has 0 aliphatic heterocycles. The quantitative estimate of drug-likeness (QED) is 0.763. The number of aromatic nitrogens is 1. The van der Waals surface area contributed by atoms with Crippen LogP contribution in [0.15, 0.2) is 51.8 Å². The molecule has 0 radical (unpaired) electrons. The van der Waals surface area contributed by atoms with E-state index in [1.807, 2.05) is 6.92 Å². The van der Waals surface area contributed by atoms with Crippen LogP contribution in [0.25, 0.3) is 11.1 Å². The summed E-state index contributed by atoms with van der Waals surface area (Å²) in [6.45, 7) is 1.82. The highest BCUT2D eigenvalue weighted by Gasteiger charge is 2.20. The molecule has 0 saturated heterocycles. The van der Waals surface area contributed by atoms with Crippen molar-refractivity contribution in [3.8, 4) is 6.08 Å². The number of hydrogen-bond donors (Lipinski definition) is 1. The predicted molar refractivity (Wildman–Crippen MR) is 86.5 cm³/mol. The van der Waals surface area contributed by atoms with Gasteiger partial charge in [0.2, 0.25) is 0 Å². The Morgan fingerprint density at radius 1 is 1.21 bits per heavy atom. The lowest BCUT2D eigenvalue weighted by Gasteiger charge is -2.05. The van der Waals surface area contributed by atoms with Crippen LogP contribution in [0.1, 0.15) is 5.56 Å². The van der Waals surface area contributed by atoms with Crippen LogP contribution in [0.5, 0.6) is 6.08 Å². The number of amides is 1. The molecular weight excluding hydrogens is 356 g/mol. The van der Waals surface area contributed by atoms with Gasteiger partial charge < -0.3 is 9.15 Å². The van der Waals surface area contributed by atoms with Crippen LogP contribution >= 0.6 is 11.6 Å². The molecule has 124 valence electrons. The van der Waals surface area contributed by atoms with Gasteiger partial charge >= 0.3 is 12.2 Å². The van der Waals surface area contributed by atoms with E-state index >= 15 is 0 Å². The predicted octanol–water partition coefficient (Wildman–Crippen LogP) is 3.27. The van der Waals surface area contributed by atoms with Crippen molar-refractivity contribution >= 4 is 38.8 Å². The Kier molecular flexibility index (Phi) is 4.16. The van der Waals surface area contributed by atoms with Crippen molar-refractivity contribution in [1.82, 2.24) is 9.71 Å². The molecule has 0 unspecified atom stereocenters. The summed E-state index contributed by atoms with van der Waals surface area (Å²) in [5.74, 6) is 0. The van der Waals surface area contributed by atoms with Crippen molar-refractivity contribution in [3.63, 3.8) is 0 Å². The number of hydrogen-bond acceptors (Lipinski definition) is 6. The molecule has 2 aromatic carbocycles. The van der Waals surface area contributed by atoms with Crippen LogP contribution < -0.4 is 9.46 Å². The molecule has 0 bridgehead atoms. The smallest absolute Gasteiger partial charge is 0.409 e. The Labute approximate surface area is 142 Å². The zero-order valence-electron chi connectivity index (χ0n) is 12.3. The van der Waals surface area contributed by atoms with Crippen molar-refractivity contribution < 1.29 is 22.4 Å². The minimum atomic E-state index is -4.05. The molecule has 1 amide bonds. The zero-order valence-corrected chi connectivity index (χ0v) is 13.9. The lowest BCUT2D eigenvalue weighted by molar-refractivity contribution is 0.192. The maximum atomic E-state index is 12.1. The van der Waals surface area contributed by atoms with E-state index in [0.717, 1.165) is 5.56 Å². The van der Waals surface area contributed by atoms with Crippen molar-refractivity contribution in [2.45, 2.75) is 11.8 Å².